The Bertz CT molecular complexity index is 157. The second-order valence-electron chi connectivity index (χ2n) is 5.86. The van der Waals surface area contributed by atoms with Crippen molar-refractivity contribution in [2.24, 2.45) is 0 Å². The predicted octanol–water partition coefficient (Wildman–Crippen LogP) is 0.198. The summed E-state index contributed by atoms with van der Waals surface area (Å²) in [6, 6.07) is 0.413. The molecule has 0 radical (unpaired) electrons. The van der Waals surface area contributed by atoms with E-state index >= 15 is 0 Å². The standard InChI is InChI=1S/C14H32NO.ClH/c1-5-6-7-8-9-10-11-12-14(13-16)15(2,3)4;/h14,16H,5-13H2,1-4H3;1H/q+1;/p-1. The fourth-order valence-electron chi connectivity index (χ4n) is 2.06. The molecule has 0 rings (SSSR count). The molecule has 1 atom stereocenters. The summed E-state index contributed by atoms with van der Waals surface area (Å²) in [6.45, 7) is 2.58. The summed E-state index contributed by atoms with van der Waals surface area (Å²) in [5.74, 6) is 0. The number of quaternary nitrogens is 1. The largest absolute Gasteiger partial charge is 1.00 e. The minimum atomic E-state index is 0. The topological polar surface area (TPSA) is 20.2 Å². The first kappa shape index (κ1) is 19.5. The van der Waals surface area contributed by atoms with Gasteiger partial charge in [0.2, 0.25) is 0 Å². The van der Waals surface area contributed by atoms with Crippen LogP contribution in [0.4, 0.5) is 0 Å². The zero-order valence-corrected chi connectivity index (χ0v) is 13.0. The highest BCUT2D eigenvalue weighted by molar-refractivity contribution is 4.56. The van der Waals surface area contributed by atoms with E-state index in [-0.39, 0.29) is 12.4 Å². The Hall–Kier alpha value is 0.210. The molecule has 3 heteroatoms. The number of halogens is 1. The van der Waals surface area contributed by atoms with Gasteiger partial charge < -0.3 is 22.0 Å². The van der Waals surface area contributed by atoms with E-state index < -0.39 is 0 Å². The molecule has 106 valence electrons. The van der Waals surface area contributed by atoms with Crippen LogP contribution in [0.5, 0.6) is 0 Å². The van der Waals surface area contributed by atoms with Crippen molar-refractivity contribution in [1.29, 1.82) is 0 Å². The van der Waals surface area contributed by atoms with E-state index in [2.05, 4.69) is 28.1 Å². The van der Waals surface area contributed by atoms with Crippen LogP contribution in [-0.4, -0.2) is 43.4 Å². The van der Waals surface area contributed by atoms with E-state index in [1.54, 1.807) is 0 Å². The Kier molecular flexibility index (Phi) is 13.0. The molecule has 2 nitrogen and oxygen atoms in total. The Morgan fingerprint density at radius 1 is 0.882 bits per heavy atom. The molecule has 17 heavy (non-hydrogen) atoms. The summed E-state index contributed by atoms with van der Waals surface area (Å²) in [7, 11) is 6.51. The lowest BCUT2D eigenvalue weighted by Crippen LogP contribution is -3.00. The molecule has 0 bridgehead atoms. The number of aliphatic hydroxyl groups is 1. The fraction of sp³-hybridized carbons (Fsp3) is 1.00. The smallest absolute Gasteiger partial charge is 0.112 e. The second-order valence-corrected chi connectivity index (χ2v) is 5.86. The van der Waals surface area contributed by atoms with Crippen molar-refractivity contribution in [2.75, 3.05) is 27.7 Å². The molecule has 0 aromatic rings. The maximum atomic E-state index is 9.32. The highest BCUT2D eigenvalue weighted by Gasteiger charge is 2.21. The molecule has 0 amide bonds. The van der Waals surface area contributed by atoms with Gasteiger partial charge in [0.15, 0.2) is 0 Å². The van der Waals surface area contributed by atoms with Crippen LogP contribution < -0.4 is 12.4 Å². The van der Waals surface area contributed by atoms with Gasteiger partial charge in [-0.05, 0) is 6.42 Å². The number of unbranched alkanes of at least 4 members (excludes halogenated alkanes) is 6. The summed E-state index contributed by atoms with van der Waals surface area (Å²) in [5.41, 5.74) is 0. The molecule has 0 spiro atoms. The molecule has 0 saturated carbocycles. The van der Waals surface area contributed by atoms with E-state index in [9.17, 15) is 5.11 Å². The van der Waals surface area contributed by atoms with Crippen LogP contribution in [0, 0.1) is 0 Å². The minimum Gasteiger partial charge on any atom is -1.00 e. The van der Waals surface area contributed by atoms with Crippen LogP contribution >= 0.6 is 0 Å². The normalized spacial score (nSPS) is 13.2. The van der Waals surface area contributed by atoms with Gasteiger partial charge in [0, 0.05) is 6.42 Å². The number of likely N-dealkylation sites (N-methyl/N-ethyl adjacent to an activating group) is 1. The third-order valence-electron chi connectivity index (χ3n) is 3.45. The van der Waals surface area contributed by atoms with Gasteiger partial charge in [0.25, 0.3) is 0 Å². The van der Waals surface area contributed by atoms with Gasteiger partial charge in [-0.2, -0.15) is 0 Å². The minimum absolute atomic E-state index is 0. The number of rotatable bonds is 10. The monoisotopic (exact) mass is 265 g/mol. The third-order valence-corrected chi connectivity index (χ3v) is 3.45. The first-order chi connectivity index (χ1) is 7.52. The molecule has 0 aliphatic carbocycles. The van der Waals surface area contributed by atoms with Gasteiger partial charge in [-0.3, -0.25) is 0 Å². The summed E-state index contributed by atoms with van der Waals surface area (Å²) in [4.78, 5) is 0. The molecule has 0 aromatic heterocycles. The lowest BCUT2D eigenvalue weighted by molar-refractivity contribution is -0.897. The maximum absolute atomic E-state index is 9.32. The Labute approximate surface area is 114 Å². The maximum Gasteiger partial charge on any atom is 0.112 e. The van der Waals surface area contributed by atoms with Gasteiger partial charge in [-0.15, -0.1) is 0 Å². The van der Waals surface area contributed by atoms with Gasteiger partial charge in [0.05, 0.1) is 27.7 Å². The molecular formula is C14H32ClNO. The summed E-state index contributed by atoms with van der Waals surface area (Å²) in [6.07, 6.45) is 10.6. The van der Waals surface area contributed by atoms with Crippen molar-refractivity contribution in [3.05, 3.63) is 0 Å². The highest BCUT2D eigenvalue weighted by atomic mass is 35.5. The van der Waals surface area contributed by atoms with E-state index in [1.807, 2.05) is 0 Å². The molecule has 1 N–H and O–H groups in total. The lowest BCUT2D eigenvalue weighted by Gasteiger charge is -2.33. The van der Waals surface area contributed by atoms with Crippen LogP contribution in [0.25, 0.3) is 0 Å². The SMILES string of the molecule is CCCCCCCCCC(CO)[N+](C)(C)C.[Cl-]. The van der Waals surface area contributed by atoms with Crippen LogP contribution in [0.1, 0.15) is 58.3 Å². The van der Waals surface area contributed by atoms with Gasteiger partial charge >= 0.3 is 0 Å². The van der Waals surface area contributed by atoms with Crippen LogP contribution in [0.2, 0.25) is 0 Å². The molecule has 0 saturated heterocycles. The first-order valence-corrected chi connectivity index (χ1v) is 6.94. The van der Waals surface area contributed by atoms with E-state index in [0.717, 1.165) is 10.9 Å². The Morgan fingerprint density at radius 3 is 1.76 bits per heavy atom. The van der Waals surface area contributed by atoms with Crippen molar-refractivity contribution >= 4 is 0 Å². The van der Waals surface area contributed by atoms with Gasteiger partial charge in [-0.25, -0.2) is 0 Å². The summed E-state index contributed by atoms with van der Waals surface area (Å²) in [5, 5.41) is 9.32. The molecule has 0 aliphatic rings. The van der Waals surface area contributed by atoms with Gasteiger partial charge in [0.1, 0.15) is 6.04 Å². The van der Waals surface area contributed by atoms with Crippen molar-refractivity contribution in [3.63, 3.8) is 0 Å². The first-order valence-electron chi connectivity index (χ1n) is 6.94. The van der Waals surface area contributed by atoms with Gasteiger partial charge in [-0.1, -0.05) is 45.4 Å². The summed E-state index contributed by atoms with van der Waals surface area (Å²) < 4.78 is 0.881. The average molecular weight is 266 g/mol. The van der Waals surface area contributed by atoms with Crippen LogP contribution in [-0.2, 0) is 0 Å². The Morgan fingerprint density at radius 2 is 1.35 bits per heavy atom. The molecule has 0 heterocycles. The van der Waals surface area contributed by atoms with Crippen molar-refractivity contribution < 1.29 is 22.0 Å². The van der Waals surface area contributed by atoms with E-state index in [4.69, 9.17) is 0 Å². The fourth-order valence-corrected chi connectivity index (χ4v) is 2.06. The van der Waals surface area contributed by atoms with Crippen LogP contribution in [0.15, 0.2) is 0 Å². The quantitative estimate of drug-likeness (QED) is 0.442. The van der Waals surface area contributed by atoms with Crippen LogP contribution in [0.3, 0.4) is 0 Å². The lowest BCUT2D eigenvalue weighted by atomic mass is 10.0. The zero-order chi connectivity index (χ0) is 12.4. The van der Waals surface area contributed by atoms with Crippen molar-refractivity contribution in [2.45, 2.75) is 64.3 Å². The molecule has 1 unspecified atom stereocenters. The zero-order valence-electron chi connectivity index (χ0n) is 12.2. The number of hydrogen-bond donors (Lipinski definition) is 1. The highest BCUT2D eigenvalue weighted by Crippen LogP contribution is 2.14. The third kappa shape index (κ3) is 11.1. The van der Waals surface area contributed by atoms with Crippen molar-refractivity contribution in [1.82, 2.24) is 0 Å². The second kappa shape index (κ2) is 11.3. The molecule has 0 fully saturated rings. The molecular weight excluding hydrogens is 234 g/mol. The van der Waals surface area contributed by atoms with E-state index in [1.165, 1.54) is 44.9 Å². The summed E-state index contributed by atoms with van der Waals surface area (Å²) >= 11 is 0. The molecule has 0 aliphatic heterocycles. The number of nitrogens with zero attached hydrogens (tertiary/aromatic N) is 1. The molecule has 0 aromatic carbocycles. The number of hydrogen-bond acceptors (Lipinski definition) is 1. The number of aliphatic hydroxyl groups excluding tert-OH is 1. The van der Waals surface area contributed by atoms with E-state index in [0.29, 0.717) is 12.6 Å². The predicted molar refractivity (Wildman–Crippen MR) is 71.5 cm³/mol. The average Bonchev–Trinajstić information content (AvgIpc) is 2.20. The Balaban J connectivity index is 0. The van der Waals surface area contributed by atoms with Crippen molar-refractivity contribution in [3.8, 4) is 0 Å².